The minimum atomic E-state index is -1.28. The number of hydrogen-bond donors (Lipinski definition) is 2. The highest BCUT2D eigenvalue weighted by molar-refractivity contribution is 7.22. The molecule has 1 saturated heterocycles. The number of carbonyl (C=O) groups is 3. The van der Waals surface area contributed by atoms with Gasteiger partial charge in [-0.25, -0.2) is 19.6 Å². The van der Waals surface area contributed by atoms with Crippen LogP contribution in [0.2, 0.25) is 0 Å². The van der Waals surface area contributed by atoms with E-state index in [1.54, 1.807) is 26.2 Å². The van der Waals surface area contributed by atoms with Gasteiger partial charge in [-0.15, -0.1) is 11.3 Å². The van der Waals surface area contributed by atoms with Crippen molar-refractivity contribution in [2.24, 2.45) is 0 Å². The Morgan fingerprint density at radius 3 is 2.70 bits per heavy atom. The predicted octanol–water partition coefficient (Wildman–Crippen LogP) is 2.87. The van der Waals surface area contributed by atoms with E-state index in [4.69, 9.17) is 4.74 Å². The summed E-state index contributed by atoms with van der Waals surface area (Å²) in [5, 5.41) is 25.6. The third-order valence-electron chi connectivity index (χ3n) is 4.98. The molecule has 0 radical (unpaired) electrons. The van der Waals surface area contributed by atoms with Crippen LogP contribution < -0.4 is 5.32 Å². The Morgan fingerprint density at radius 2 is 2.09 bits per heavy atom. The highest BCUT2D eigenvalue weighted by atomic mass is 32.1. The number of amides is 2. The number of fused-ring (bicyclic) bond motifs is 1. The van der Waals surface area contributed by atoms with Crippen LogP contribution in [0.4, 0.5) is 9.80 Å². The van der Waals surface area contributed by atoms with Crippen molar-refractivity contribution in [2.45, 2.75) is 51.3 Å². The number of alkyl carbamates (subject to hydrolysis) is 1. The number of carboxylic acid groups (broad SMARTS) is 1. The van der Waals surface area contributed by atoms with Crippen molar-refractivity contribution in [3.05, 3.63) is 33.1 Å². The minimum absolute atomic E-state index is 0.123. The molecule has 1 fully saturated rings. The standard InChI is InChI=1S/C19H19N5O7S2/c1-19(2,3)31-18(28)22-12-10-5-4-8(13(17(26)27)23(10)16(12)25)9-7-32-15(21-9)14-20-6-11(33-14)24(29)30/h6-7,10,12H,4-5H2,1-3H3,(H,22,28)(H,26,27)/t10-,12+/m1/s1. The number of carbonyl (C=O) groups excluding carboxylic acids is 2. The molecule has 2 aromatic rings. The molecule has 14 heteroatoms. The minimum Gasteiger partial charge on any atom is -0.477 e. The number of nitrogens with one attached hydrogen (secondary N) is 1. The number of nitro groups is 1. The molecule has 0 bridgehead atoms. The lowest BCUT2D eigenvalue weighted by Crippen LogP contribution is -2.71. The quantitative estimate of drug-likeness (QED) is 0.362. The second kappa shape index (κ2) is 8.19. The molecule has 2 aliphatic heterocycles. The summed E-state index contributed by atoms with van der Waals surface area (Å²) in [6.45, 7) is 5.10. The van der Waals surface area contributed by atoms with Crippen LogP contribution in [0.5, 0.6) is 0 Å². The van der Waals surface area contributed by atoms with Gasteiger partial charge in [0.15, 0.2) is 10.0 Å². The number of aromatic nitrogens is 2. The van der Waals surface area contributed by atoms with Gasteiger partial charge in [-0.05, 0) is 44.9 Å². The van der Waals surface area contributed by atoms with E-state index in [2.05, 4.69) is 15.3 Å². The number of thiazole rings is 2. The highest BCUT2D eigenvalue weighted by Gasteiger charge is 2.54. The Labute approximate surface area is 195 Å². The monoisotopic (exact) mass is 493 g/mol. The van der Waals surface area contributed by atoms with Crippen LogP contribution in [0, 0.1) is 10.1 Å². The van der Waals surface area contributed by atoms with Gasteiger partial charge < -0.3 is 15.2 Å². The summed E-state index contributed by atoms with van der Waals surface area (Å²) >= 11 is 2.05. The van der Waals surface area contributed by atoms with Crippen molar-refractivity contribution in [3.63, 3.8) is 0 Å². The Kier molecular flexibility index (Phi) is 5.66. The zero-order chi connectivity index (χ0) is 24.1. The number of β-lactam (4-membered cyclic amide) rings is 1. The Morgan fingerprint density at radius 1 is 1.36 bits per heavy atom. The summed E-state index contributed by atoms with van der Waals surface area (Å²) in [4.78, 5) is 56.9. The average molecular weight is 494 g/mol. The van der Waals surface area contributed by atoms with Gasteiger partial charge in [-0.1, -0.05) is 0 Å². The molecule has 0 spiro atoms. The molecule has 2 aromatic heterocycles. The normalized spacial score (nSPS) is 20.2. The Hall–Kier alpha value is -3.39. The summed E-state index contributed by atoms with van der Waals surface area (Å²) < 4.78 is 5.19. The molecule has 0 aliphatic carbocycles. The van der Waals surface area contributed by atoms with Gasteiger partial charge in [0, 0.05) is 11.0 Å². The van der Waals surface area contributed by atoms with E-state index in [0.717, 1.165) is 17.5 Å². The first-order chi connectivity index (χ1) is 15.5. The van der Waals surface area contributed by atoms with Gasteiger partial charge in [-0.3, -0.25) is 19.8 Å². The lowest BCUT2D eigenvalue weighted by Gasteiger charge is -2.50. The number of ether oxygens (including phenoxy) is 1. The van der Waals surface area contributed by atoms with Crippen LogP contribution in [0.25, 0.3) is 15.6 Å². The van der Waals surface area contributed by atoms with Crippen molar-refractivity contribution in [2.75, 3.05) is 0 Å². The molecule has 4 rings (SSSR count). The van der Waals surface area contributed by atoms with Gasteiger partial charge in [0.2, 0.25) is 0 Å². The Balaban J connectivity index is 1.58. The number of rotatable bonds is 5. The van der Waals surface area contributed by atoms with Gasteiger partial charge in [0.25, 0.3) is 5.91 Å². The molecule has 12 nitrogen and oxygen atoms in total. The molecular weight excluding hydrogens is 474 g/mol. The molecule has 2 N–H and O–H groups in total. The van der Waals surface area contributed by atoms with E-state index in [1.807, 2.05) is 0 Å². The van der Waals surface area contributed by atoms with Crippen molar-refractivity contribution < 1.29 is 29.2 Å². The second-order valence-corrected chi connectivity index (χ2v) is 10.2. The molecule has 0 aromatic carbocycles. The molecule has 2 atom stereocenters. The van der Waals surface area contributed by atoms with E-state index in [9.17, 15) is 29.6 Å². The fourth-order valence-electron chi connectivity index (χ4n) is 3.71. The van der Waals surface area contributed by atoms with E-state index in [1.165, 1.54) is 16.2 Å². The van der Waals surface area contributed by atoms with Crippen LogP contribution >= 0.6 is 22.7 Å². The second-order valence-electron chi connectivity index (χ2n) is 8.37. The first-order valence-electron chi connectivity index (χ1n) is 9.82. The molecule has 2 aliphatic rings. The van der Waals surface area contributed by atoms with Crippen LogP contribution in [-0.2, 0) is 14.3 Å². The first-order valence-corrected chi connectivity index (χ1v) is 11.5. The largest absolute Gasteiger partial charge is 0.477 e. The molecule has 4 heterocycles. The zero-order valence-corrected chi connectivity index (χ0v) is 19.4. The molecule has 0 unspecified atom stereocenters. The number of nitrogens with zero attached hydrogens (tertiary/aromatic N) is 4. The van der Waals surface area contributed by atoms with E-state index in [-0.39, 0.29) is 10.7 Å². The fourth-order valence-corrected chi connectivity index (χ4v) is 5.31. The Bertz CT molecular complexity index is 1200. The van der Waals surface area contributed by atoms with Crippen molar-refractivity contribution >= 4 is 51.2 Å². The topological polar surface area (TPSA) is 165 Å². The average Bonchev–Trinajstić information content (AvgIpc) is 3.39. The predicted molar refractivity (Wildman–Crippen MR) is 117 cm³/mol. The van der Waals surface area contributed by atoms with E-state index in [0.29, 0.717) is 34.1 Å². The maximum atomic E-state index is 12.8. The maximum Gasteiger partial charge on any atom is 0.408 e. The summed E-state index contributed by atoms with van der Waals surface area (Å²) in [6, 6.07) is -1.36. The maximum absolute atomic E-state index is 12.8. The summed E-state index contributed by atoms with van der Waals surface area (Å²) in [7, 11) is 0. The lowest BCUT2D eigenvalue weighted by molar-refractivity contribution is -0.380. The number of hydrogen-bond acceptors (Lipinski definition) is 10. The summed E-state index contributed by atoms with van der Waals surface area (Å²) in [6.07, 6.45) is 1.15. The summed E-state index contributed by atoms with van der Waals surface area (Å²) in [5.74, 6) is -1.82. The van der Waals surface area contributed by atoms with Gasteiger partial charge >= 0.3 is 17.1 Å². The third kappa shape index (κ3) is 4.30. The molecule has 174 valence electrons. The molecule has 2 amide bonds. The van der Waals surface area contributed by atoms with E-state index < -0.39 is 40.6 Å². The SMILES string of the molecule is CC(C)(C)OC(=O)N[C@@H]1C(=O)N2C(C(=O)O)=C(c3csc(-c4ncc([N+](=O)[O-])s4)n3)CC[C@H]12. The van der Waals surface area contributed by atoms with E-state index >= 15 is 0 Å². The van der Waals surface area contributed by atoms with Crippen LogP contribution in [-0.4, -0.2) is 60.6 Å². The third-order valence-corrected chi connectivity index (χ3v) is 6.92. The molecular formula is C19H19N5O7S2. The fraction of sp³-hybridized carbons (Fsp3) is 0.421. The number of aliphatic carboxylic acids is 1. The summed E-state index contributed by atoms with van der Waals surface area (Å²) in [5.41, 5.74) is -0.153. The van der Waals surface area contributed by atoms with Crippen LogP contribution in [0.15, 0.2) is 17.3 Å². The van der Waals surface area contributed by atoms with Crippen molar-refractivity contribution in [1.29, 1.82) is 0 Å². The van der Waals surface area contributed by atoms with Crippen LogP contribution in [0.1, 0.15) is 39.3 Å². The lowest BCUT2D eigenvalue weighted by atomic mass is 9.83. The smallest absolute Gasteiger partial charge is 0.408 e. The molecule has 33 heavy (non-hydrogen) atoms. The van der Waals surface area contributed by atoms with Crippen molar-refractivity contribution in [1.82, 2.24) is 20.2 Å². The highest BCUT2D eigenvalue weighted by Crippen LogP contribution is 2.42. The van der Waals surface area contributed by atoms with Crippen LogP contribution in [0.3, 0.4) is 0 Å². The molecule has 0 saturated carbocycles. The zero-order valence-electron chi connectivity index (χ0n) is 17.7. The number of carboxylic acids is 1. The van der Waals surface area contributed by atoms with Gasteiger partial charge in [0.05, 0.1) is 16.7 Å². The van der Waals surface area contributed by atoms with Gasteiger partial charge in [-0.2, -0.15) is 0 Å². The van der Waals surface area contributed by atoms with Gasteiger partial charge in [0.1, 0.15) is 23.5 Å². The van der Waals surface area contributed by atoms with Crippen molar-refractivity contribution in [3.8, 4) is 10.0 Å². The first kappa shape index (κ1) is 22.8. The number of allylic oxidation sites excluding steroid dienone is 1.